The van der Waals surface area contributed by atoms with E-state index in [1.165, 1.54) is 6.42 Å². The summed E-state index contributed by atoms with van der Waals surface area (Å²) in [5, 5.41) is 2.82. The summed E-state index contributed by atoms with van der Waals surface area (Å²) in [6.07, 6.45) is 5.66. The van der Waals surface area contributed by atoms with Gasteiger partial charge in [0.05, 0.1) is 18.6 Å². The van der Waals surface area contributed by atoms with Crippen molar-refractivity contribution in [2.45, 2.75) is 51.9 Å². The Bertz CT molecular complexity index is 738. The van der Waals surface area contributed by atoms with Crippen LogP contribution in [0.4, 0.5) is 11.4 Å². The number of nitrogens with zero attached hydrogens (tertiary/aromatic N) is 2. The molecule has 158 valence electrons. The molecule has 0 aliphatic carbocycles. The largest absolute Gasteiger partial charge is 0.466 e. The van der Waals surface area contributed by atoms with Crippen LogP contribution in [0.2, 0.25) is 0 Å². The molecule has 1 aromatic rings. The molecular formula is C22H31N3O4. The Hall–Kier alpha value is -2.57. The summed E-state index contributed by atoms with van der Waals surface area (Å²) in [5.41, 5.74) is 2.19. The molecule has 0 aromatic heterocycles. The number of likely N-dealkylation sites (tertiary alicyclic amines) is 1. The van der Waals surface area contributed by atoms with Crippen molar-refractivity contribution in [2.75, 3.05) is 43.0 Å². The number of carbonyl (C=O) groups excluding carboxylic acids is 3. The Morgan fingerprint density at radius 1 is 0.966 bits per heavy atom. The molecule has 2 aliphatic heterocycles. The molecule has 3 rings (SSSR count). The molecule has 0 atom stereocenters. The van der Waals surface area contributed by atoms with Crippen molar-refractivity contribution in [2.24, 2.45) is 0 Å². The van der Waals surface area contributed by atoms with Crippen LogP contribution in [0, 0.1) is 0 Å². The number of piperidine rings is 1. The molecule has 0 spiro atoms. The van der Waals surface area contributed by atoms with Gasteiger partial charge in [-0.15, -0.1) is 0 Å². The van der Waals surface area contributed by atoms with Crippen LogP contribution in [0.15, 0.2) is 18.2 Å². The van der Waals surface area contributed by atoms with Crippen molar-refractivity contribution < 1.29 is 19.1 Å². The minimum Gasteiger partial charge on any atom is -0.466 e. The first kappa shape index (κ1) is 21.1. The SMILES string of the molecule is CCOC(=O)CCC(=O)Nc1ccc(N2CCCCC2)c(C(=O)N2CCCC2)c1. The van der Waals surface area contributed by atoms with Gasteiger partial charge in [0, 0.05) is 44.0 Å². The highest BCUT2D eigenvalue weighted by Crippen LogP contribution is 2.29. The predicted molar refractivity (Wildman–Crippen MR) is 112 cm³/mol. The van der Waals surface area contributed by atoms with Gasteiger partial charge in [0.1, 0.15) is 0 Å². The van der Waals surface area contributed by atoms with E-state index in [-0.39, 0.29) is 30.6 Å². The van der Waals surface area contributed by atoms with Crippen LogP contribution >= 0.6 is 0 Å². The zero-order valence-electron chi connectivity index (χ0n) is 17.2. The smallest absolute Gasteiger partial charge is 0.306 e. The van der Waals surface area contributed by atoms with Gasteiger partial charge in [0.25, 0.3) is 5.91 Å². The van der Waals surface area contributed by atoms with Gasteiger partial charge in [0.2, 0.25) is 5.91 Å². The molecule has 2 amide bonds. The summed E-state index contributed by atoms with van der Waals surface area (Å²) in [4.78, 5) is 41.0. The average Bonchev–Trinajstić information content (AvgIpc) is 3.27. The third-order valence-electron chi connectivity index (χ3n) is 5.46. The predicted octanol–water partition coefficient (Wildman–Crippen LogP) is 3.19. The maximum Gasteiger partial charge on any atom is 0.306 e. The molecule has 29 heavy (non-hydrogen) atoms. The van der Waals surface area contributed by atoms with Gasteiger partial charge in [0.15, 0.2) is 0 Å². The number of nitrogens with one attached hydrogen (secondary N) is 1. The first-order valence-electron chi connectivity index (χ1n) is 10.7. The third-order valence-corrected chi connectivity index (χ3v) is 5.46. The average molecular weight is 402 g/mol. The van der Waals surface area contributed by atoms with E-state index in [1.54, 1.807) is 13.0 Å². The van der Waals surface area contributed by atoms with E-state index in [0.29, 0.717) is 17.9 Å². The monoisotopic (exact) mass is 401 g/mol. The van der Waals surface area contributed by atoms with E-state index in [0.717, 1.165) is 57.5 Å². The maximum atomic E-state index is 13.2. The molecule has 0 bridgehead atoms. The Kier molecular flexibility index (Phi) is 7.49. The van der Waals surface area contributed by atoms with Crippen molar-refractivity contribution in [3.63, 3.8) is 0 Å². The fourth-order valence-electron chi connectivity index (χ4n) is 3.96. The highest BCUT2D eigenvalue weighted by molar-refractivity contribution is 6.02. The highest BCUT2D eigenvalue weighted by Gasteiger charge is 2.25. The Labute approximate surface area is 172 Å². The molecule has 0 saturated carbocycles. The molecule has 1 N–H and O–H groups in total. The van der Waals surface area contributed by atoms with Crippen molar-refractivity contribution in [1.82, 2.24) is 4.90 Å². The van der Waals surface area contributed by atoms with Crippen molar-refractivity contribution in [1.29, 1.82) is 0 Å². The fraction of sp³-hybridized carbons (Fsp3) is 0.591. The topological polar surface area (TPSA) is 79.0 Å². The number of rotatable bonds is 7. The zero-order valence-corrected chi connectivity index (χ0v) is 17.2. The first-order chi connectivity index (χ1) is 14.1. The standard InChI is InChI=1S/C22H31N3O4/c1-2-29-21(27)11-10-20(26)23-17-8-9-19(24-12-4-3-5-13-24)18(16-17)22(28)25-14-6-7-15-25/h8-9,16H,2-7,10-15H2,1H3,(H,23,26). The number of amides is 2. The van der Waals surface area contributed by atoms with Crippen LogP contribution < -0.4 is 10.2 Å². The van der Waals surface area contributed by atoms with E-state index in [1.807, 2.05) is 17.0 Å². The lowest BCUT2D eigenvalue weighted by atomic mass is 10.1. The first-order valence-corrected chi connectivity index (χ1v) is 10.7. The molecule has 2 aliphatic rings. The Balaban J connectivity index is 1.74. The molecule has 1 aromatic carbocycles. The minimum absolute atomic E-state index is 0.0331. The van der Waals surface area contributed by atoms with Gasteiger partial charge in [-0.1, -0.05) is 0 Å². The van der Waals surface area contributed by atoms with Crippen LogP contribution in [-0.4, -0.2) is 55.5 Å². The number of hydrogen-bond donors (Lipinski definition) is 1. The molecule has 0 radical (unpaired) electrons. The molecule has 0 unspecified atom stereocenters. The third kappa shape index (κ3) is 5.71. The quantitative estimate of drug-likeness (QED) is 0.710. The van der Waals surface area contributed by atoms with Gasteiger partial charge in [-0.25, -0.2) is 0 Å². The second kappa shape index (κ2) is 10.3. The number of esters is 1. The number of hydrogen-bond acceptors (Lipinski definition) is 5. The van der Waals surface area contributed by atoms with Crippen molar-refractivity contribution in [3.05, 3.63) is 23.8 Å². The van der Waals surface area contributed by atoms with Crippen LogP contribution in [0.25, 0.3) is 0 Å². The lowest BCUT2D eigenvalue weighted by Crippen LogP contribution is -2.34. The van der Waals surface area contributed by atoms with Crippen LogP contribution in [0.5, 0.6) is 0 Å². The van der Waals surface area contributed by atoms with Crippen LogP contribution in [0.3, 0.4) is 0 Å². The Morgan fingerprint density at radius 3 is 2.34 bits per heavy atom. The summed E-state index contributed by atoms with van der Waals surface area (Å²) < 4.78 is 4.86. The second-order valence-electron chi connectivity index (χ2n) is 7.63. The van der Waals surface area contributed by atoms with E-state index >= 15 is 0 Å². The minimum atomic E-state index is -0.381. The summed E-state index contributed by atoms with van der Waals surface area (Å²) in [6, 6.07) is 5.56. The summed E-state index contributed by atoms with van der Waals surface area (Å²) in [5.74, 6) is -0.609. The molecular weight excluding hydrogens is 370 g/mol. The second-order valence-corrected chi connectivity index (χ2v) is 7.63. The highest BCUT2D eigenvalue weighted by atomic mass is 16.5. The van der Waals surface area contributed by atoms with Gasteiger partial charge >= 0.3 is 5.97 Å². The van der Waals surface area contributed by atoms with E-state index in [2.05, 4.69) is 10.2 Å². The van der Waals surface area contributed by atoms with Crippen molar-refractivity contribution >= 4 is 29.2 Å². The number of carbonyl (C=O) groups is 3. The van der Waals surface area contributed by atoms with E-state index in [4.69, 9.17) is 4.74 Å². The normalized spacial score (nSPS) is 16.6. The lowest BCUT2D eigenvalue weighted by molar-refractivity contribution is -0.144. The zero-order chi connectivity index (χ0) is 20.6. The summed E-state index contributed by atoms with van der Waals surface area (Å²) >= 11 is 0. The number of ether oxygens (including phenoxy) is 1. The van der Waals surface area contributed by atoms with Gasteiger partial charge in [-0.3, -0.25) is 14.4 Å². The van der Waals surface area contributed by atoms with Gasteiger partial charge in [-0.2, -0.15) is 0 Å². The maximum absolute atomic E-state index is 13.2. The van der Waals surface area contributed by atoms with Gasteiger partial charge in [-0.05, 0) is 57.2 Å². The van der Waals surface area contributed by atoms with E-state index < -0.39 is 0 Å². The molecule has 2 heterocycles. The summed E-state index contributed by atoms with van der Waals surface area (Å²) in [6.45, 7) is 5.51. The molecule has 2 saturated heterocycles. The van der Waals surface area contributed by atoms with Crippen LogP contribution in [0.1, 0.15) is 62.2 Å². The molecule has 7 heteroatoms. The van der Waals surface area contributed by atoms with Gasteiger partial charge < -0.3 is 19.9 Å². The number of anilines is 2. The fourth-order valence-corrected chi connectivity index (χ4v) is 3.96. The van der Waals surface area contributed by atoms with Crippen molar-refractivity contribution in [3.8, 4) is 0 Å². The summed E-state index contributed by atoms with van der Waals surface area (Å²) in [7, 11) is 0. The Morgan fingerprint density at radius 2 is 1.66 bits per heavy atom. The number of benzene rings is 1. The molecule has 2 fully saturated rings. The van der Waals surface area contributed by atoms with E-state index in [9.17, 15) is 14.4 Å². The lowest BCUT2D eigenvalue weighted by Gasteiger charge is -2.31. The van der Waals surface area contributed by atoms with Crippen LogP contribution in [-0.2, 0) is 14.3 Å². The molecule has 7 nitrogen and oxygen atoms in total.